The third kappa shape index (κ3) is 8.20. The Morgan fingerprint density at radius 1 is 1.12 bits per heavy atom. The highest BCUT2D eigenvalue weighted by Crippen LogP contribution is 2.19. The molecule has 0 aliphatic carbocycles. The van der Waals surface area contributed by atoms with Gasteiger partial charge in [0.05, 0.1) is 6.10 Å². The summed E-state index contributed by atoms with van der Waals surface area (Å²) in [5.74, 6) is 0.402. The van der Waals surface area contributed by atoms with Crippen molar-refractivity contribution in [3.63, 3.8) is 0 Å². The molecule has 0 heterocycles. The minimum atomic E-state index is -0.153. The molecule has 0 aliphatic rings. The molecular formula is C16H30O. The standard InChI is InChI=1S/C16H30O/c1-6-8-14(4)10-12-16(17)15(5)11-9-13(3)7-2/h7-8,15-17H,6,9-12H2,1-5H3/b13-7-,14-8-. The first-order chi connectivity index (χ1) is 8.01. The summed E-state index contributed by atoms with van der Waals surface area (Å²) in [5, 5.41) is 10.1. The average Bonchev–Trinajstić information content (AvgIpc) is 2.32. The summed E-state index contributed by atoms with van der Waals surface area (Å²) < 4.78 is 0. The maximum Gasteiger partial charge on any atom is 0.0568 e. The Hall–Kier alpha value is -0.560. The summed E-state index contributed by atoms with van der Waals surface area (Å²) in [6, 6.07) is 0. The first-order valence-electron chi connectivity index (χ1n) is 6.96. The fraction of sp³-hybridized carbons (Fsp3) is 0.750. The van der Waals surface area contributed by atoms with Crippen molar-refractivity contribution in [1.82, 2.24) is 0 Å². The molecule has 0 aromatic heterocycles. The van der Waals surface area contributed by atoms with Crippen molar-refractivity contribution in [1.29, 1.82) is 0 Å². The van der Waals surface area contributed by atoms with Crippen molar-refractivity contribution in [2.45, 2.75) is 72.8 Å². The van der Waals surface area contributed by atoms with Crippen molar-refractivity contribution in [3.05, 3.63) is 23.3 Å². The highest BCUT2D eigenvalue weighted by Gasteiger charge is 2.13. The van der Waals surface area contributed by atoms with Crippen molar-refractivity contribution >= 4 is 0 Å². The van der Waals surface area contributed by atoms with E-state index in [2.05, 4.69) is 46.8 Å². The summed E-state index contributed by atoms with van der Waals surface area (Å²) in [6.07, 6.45) is 9.49. The molecule has 0 aliphatic heterocycles. The van der Waals surface area contributed by atoms with E-state index in [9.17, 15) is 5.11 Å². The van der Waals surface area contributed by atoms with Crippen LogP contribution in [-0.2, 0) is 0 Å². The quantitative estimate of drug-likeness (QED) is 0.598. The normalized spacial score (nSPS) is 17.1. The van der Waals surface area contributed by atoms with E-state index >= 15 is 0 Å². The number of aliphatic hydroxyl groups is 1. The number of aliphatic hydroxyl groups excluding tert-OH is 1. The van der Waals surface area contributed by atoms with Crippen LogP contribution in [0.25, 0.3) is 0 Å². The molecule has 0 rings (SSSR count). The SMILES string of the molecule is C/C=C(/C)CCC(C)C(O)CC/C(C)=C\CC. The van der Waals surface area contributed by atoms with Gasteiger partial charge in [-0.3, -0.25) is 0 Å². The van der Waals surface area contributed by atoms with Crippen LogP contribution >= 0.6 is 0 Å². The maximum atomic E-state index is 10.1. The van der Waals surface area contributed by atoms with Crippen LogP contribution in [0.1, 0.15) is 66.7 Å². The predicted octanol–water partition coefficient (Wildman–Crippen LogP) is 4.87. The monoisotopic (exact) mass is 238 g/mol. The zero-order chi connectivity index (χ0) is 13.3. The lowest BCUT2D eigenvalue weighted by Gasteiger charge is -2.19. The van der Waals surface area contributed by atoms with E-state index in [0.29, 0.717) is 5.92 Å². The van der Waals surface area contributed by atoms with E-state index in [1.165, 1.54) is 11.1 Å². The van der Waals surface area contributed by atoms with Crippen molar-refractivity contribution in [2.75, 3.05) is 0 Å². The zero-order valence-corrected chi connectivity index (χ0v) is 12.3. The van der Waals surface area contributed by atoms with Gasteiger partial charge in [-0.2, -0.15) is 0 Å². The number of hydrogen-bond acceptors (Lipinski definition) is 1. The van der Waals surface area contributed by atoms with Crippen LogP contribution in [0.2, 0.25) is 0 Å². The van der Waals surface area contributed by atoms with Gasteiger partial charge < -0.3 is 5.11 Å². The molecule has 0 radical (unpaired) electrons. The lowest BCUT2D eigenvalue weighted by atomic mass is 9.92. The van der Waals surface area contributed by atoms with E-state index < -0.39 is 0 Å². The first kappa shape index (κ1) is 16.4. The van der Waals surface area contributed by atoms with Crippen LogP contribution in [0, 0.1) is 5.92 Å². The first-order valence-corrected chi connectivity index (χ1v) is 6.96. The van der Waals surface area contributed by atoms with Gasteiger partial charge in [0.2, 0.25) is 0 Å². The highest BCUT2D eigenvalue weighted by molar-refractivity contribution is 4.98. The molecule has 0 amide bonds. The second-order valence-electron chi connectivity index (χ2n) is 5.22. The highest BCUT2D eigenvalue weighted by atomic mass is 16.3. The van der Waals surface area contributed by atoms with Crippen LogP contribution in [0.5, 0.6) is 0 Å². The largest absolute Gasteiger partial charge is 0.393 e. The molecule has 100 valence electrons. The smallest absolute Gasteiger partial charge is 0.0568 e. The lowest BCUT2D eigenvalue weighted by molar-refractivity contribution is 0.103. The van der Waals surface area contributed by atoms with Crippen LogP contribution in [0.4, 0.5) is 0 Å². The molecule has 2 unspecified atom stereocenters. The van der Waals surface area contributed by atoms with Crippen LogP contribution in [-0.4, -0.2) is 11.2 Å². The van der Waals surface area contributed by atoms with Crippen molar-refractivity contribution in [2.24, 2.45) is 5.92 Å². The van der Waals surface area contributed by atoms with Gasteiger partial charge in [0, 0.05) is 0 Å². The number of allylic oxidation sites excluding steroid dienone is 4. The van der Waals surface area contributed by atoms with E-state index in [4.69, 9.17) is 0 Å². The van der Waals surface area contributed by atoms with Gasteiger partial charge in [-0.1, -0.05) is 37.1 Å². The Labute approximate surface area is 108 Å². The summed E-state index contributed by atoms with van der Waals surface area (Å²) in [6.45, 7) is 10.7. The third-order valence-electron chi connectivity index (χ3n) is 3.53. The fourth-order valence-corrected chi connectivity index (χ4v) is 1.90. The molecule has 17 heavy (non-hydrogen) atoms. The average molecular weight is 238 g/mol. The second-order valence-corrected chi connectivity index (χ2v) is 5.22. The van der Waals surface area contributed by atoms with Crippen LogP contribution < -0.4 is 0 Å². The Balaban J connectivity index is 3.89. The lowest BCUT2D eigenvalue weighted by Crippen LogP contribution is -2.17. The van der Waals surface area contributed by atoms with Gasteiger partial charge in [0.1, 0.15) is 0 Å². The van der Waals surface area contributed by atoms with E-state index in [-0.39, 0.29) is 6.10 Å². The van der Waals surface area contributed by atoms with Gasteiger partial charge in [-0.25, -0.2) is 0 Å². The van der Waals surface area contributed by atoms with Crippen LogP contribution in [0.3, 0.4) is 0 Å². The predicted molar refractivity (Wildman–Crippen MR) is 77.1 cm³/mol. The summed E-state index contributed by atoms with van der Waals surface area (Å²) in [5.41, 5.74) is 2.83. The molecule has 0 aromatic rings. The summed E-state index contributed by atoms with van der Waals surface area (Å²) in [7, 11) is 0. The Morgan fingerprint density at radius 3 is 2.24 bits per heavy atom. The van der Waals surface area contributed by atoms with Gasteiger partial charge in [0.25, 0.3) is 0 Å². The molecule has 0 saturated carbocycles. The van der Waals surface area contributed by atoms with E-state index in [0.717, 1.165) is 32.1 Å². The molecule has 0 fully saturated rings. The Bertz CT molecular complexity index is 250. The maximum absolute atomic E-state index is 10.1. The number of hydrogen-bond donors (Lipinski definition) is 1. The van der Waals surface area contributed by atoms with Crippen molar-refractivity contribution in [3.8, 4) is 0 Å². The molecule has 1 nitrogen and oxygen atoms in total. The van der Waals surface area contributed by atoms with Gasteiger partial charge in [-0.05, 0) is 58.8 Å². The summed E-state index contributed by atoms with van der Waals surface area (Å²) in [4.78, 5) is 0. The second kappa shape index (κ2) is 9.47. The molecule has 0 aromatic carbocycles. The van der Waals surface area contributed by atoms with Gasteiger partial charge in [-0.15, -0.1) is 0 Å². The molecular weight excluding hydrogens is 208 g/mol. The molecule has 1 heteroatoms. The molecule has 1 N–H and O–H groups in total. The van der Waals surface area contributed by atoms with E-state index in [1.807, 2.05) is 0 Å². The topological polar surface area (TPSA) is 20.2 Å². The molecule has 0 bridgehead atoms. The fourth-order valence-electron chi connectivity index (χ4n) is 1.90. The minimum absolute atomic E-state index is 0.153. The van der Waals surface area contributed by atoms with Gasteiger partial charge >= 0.3 is 0 Å². The molecule has 0 spiro atoms. The Kier molecular flexibility index (Phi) is 9.16. The van der Waals surface area contributed by atoms with Crippen molar-refractivity contribution < 1.29 is 5.11 Å². The summed E-state index contributed by atoms with van der Waals surface area (Å²) >= 11 is 0. The van der Waals surface area contributed by atoms with Gasteiger partial charge in [0.15, 0.2) is 0 Å². The zero-order valence-electron chi connectivity index (χ0n) is 12.3. The minimum Gasteiger partial charge on any atom is -0.393 e. The number of rotatable bonds is 8. The molecule has 2 atom stereocenters. The Morgan fingerprint density at radius 2 is 1.71 bits per heavy atom. The van der Waals surface area contributed by atoms with Crippen LogP contribution in [0.15, 0.2) is 23.3 Å². The molecule has 0 saturated heterocycles. The third-order valence-corrected chi connectivity index (χ3v) is 3.53. The van der Waals surface area contributed by atoms with E-state index in [1.54, 1.807) is 0 Å².